The molecule has 5 nitrogen and oxygen atoms in total. The van der Waals surface area contributed by atoms with E-state index in [0.717, 1.165) is 12.1 Å². The number of halogens is 2. The molecule has 2 heterocycles. The zero-order valence-corrected chi connectivity index (χ0v) is 10.6. The Labute approximate surface area is 115 Å². The summed E-state index contributed by atoms with van der Waals surface area (Å²) in [6.07, 6.45) is 1.57. The third-order valence-corrected chi connectivity index (χ3v) is 3.32. The van der Waals surface area contributed by atoms with Crippen molar-refractivity contribution in [3.8, 4) is 22.5 Å². The zero-order valence-electron chi connectivity index (χ0n) is 9.79. The van der Waals surface area contributed by atoms with Crippen LogP contribution in [0.4, 0.5) is 8.78 Å². The summed E-state index contributed by atoms with van der Waals surface area (Å²) in [6, 6.07) is 5.23. The van der Waals surface area contributed by atoms with Gasteiger partial charge in [-0.1, -0.05) is 5.21 Å². The van der Waals surface area contributed by atoms with Crippen LogP contribution in [0.2, 0.25) is 0 Å². The molecule has 0 unspecified atom stereocenters. The lowest BCUT2D eigenvalue weighted by Crippen LogP contribution is -1.99. The largest absolute Gasteiger partial charge is 0.227 e. The molecule has 0 atom stereocenters. The Morgan fingerprint density at radius 2 is 2.10 bits per heavy atom. The van der Waals surface area contributed by atoms with E-state index in [1.807, 2.05) is 6.07 Å². The zero-order chi connectivity index (χ0) is 14.1. The number of hydrogen-bond donors (Lipinski definition) is 0. The maximum absolute atomic E-state index is 13.4. The van der Waals surface area contributed by atoms with Crippen LogP contribution in [-0.2, 0) is 0 Å². The molecule has 0 N–H and O–H groups in total. The van der Waals surface area contributed by atoms with Crippen molar-refractivity contribution in [2.24, 2.45) is 0 Å². The number of rotatable bonds is 2. The monoisotopic (exact) mass is 289 g/mol. The van der Waals surface area contributed by atoms with Crippen molar-refractivity contribution in [2.75, 3.05) is 0 Å². The average Bonchev–Trinajstić information content (AvgIpc) is 3.09. The van der Waals surface area contributed by atoms with Crippen molar-refractivity contribution >= 4 is 11.3 Å². The Bertz CT molecular complexity index is 804. The van der Waals surface area contributed by atoms with Gasteiger partial charge in [-0.2, -0.15) is 9.94 Å². The Morgan fingerprint density at radius 1 is 1.25 bits per heavy atom. The van der Waals surface area contributed by atoms with Crippen LogP contribution in [0.25, 0.3) is 16.4 Å². The van der Waals surface area contributed by atoms with Gasteiger partial charge in [0.15, 0.2) is 17.3 Å². The molecule has 0 bridgehead atoms. The lowest BCUT2D eigenvalue weighted by atomic mass is 10.1. The first kappa shape index (κ1) is 12.4. The third-order valence-electron chi connectivity index (χ3n) is 2.57. The van der Waals surface area contributed by atoms with E-state index >= 15 is 0 Å². The second kappa shape index (κ2) is 4.79. The second-order valence-electron chi connectivity index (χ2n) is 3.75. The van der Waals surface area contributed by atoms with Gasteiger partial charge in [0, 0.05) is 17.1 Å². The number of hydrogen-bond acceptors (Lipinski definition) is 5. The molecular weight excluding hydrogens is 284 g/mol. The van der Waals surface area contributed by atoms with Crippen molar-refractivity contribution in [3.05, 3.63) is 47.1 Å². The van der Waals surface area contributed by atoms with E-state index in [1.165, 1.54) is 22.1 Å². The van der Waals surface area contributed by atoms with Crippen LogP contribution < -0.4 is 0 Å². The molecular formula is C12H5F2N5S. The Morgan fingerprint density at radius 3 is 2.75 bits per heavy atom. The normalized spacial score (nSPS) is 10.4. The van der Waals surface area contributed by atoms with E-state index in [9.17, 15) is 8.78 Å². The summed E-state index contributed by atoms with van der Waals surface area (Å²) < 4.78 is 27.7. The summed E-state index contributed by atoms with van der Waals surface area (Å²) in [4.78, 5) is 4.06. The van der Waals surface area contributed by atoms with Gasteiger partial charge in [-0.15, -0.1) is 16.4 Å². The molecule has 0 aliphatic rings. The van der Waals surface area contributed by atoms with Crippen molar-refractivity contribution in [2.45, 2.75) is 0 Å². The van der Waals surface area contributed by atoms with Crippen LogP contribution in [0.3, 0.4) is 0 Å². The predicted molar refractivity (Wildman–Crippen MR) is 67.1 cm³/mol. The number of thiazole rings is 1. The van der Waals surface area contributed by atoms with E-state index in [0.29, 0.717) is 10.7 Å². The predicted octanol–water partition coefficient (Wildman–Crippen LogP) is 2.54. The van der Waals surface area contributed by atoms with E-state index in [-0.39, 0.29) is 11.4 Å². The van der Waals surface area contributed by atoms with Crippen LogP contribution in [-0.4, -0.2) is 20.0 Å². The fraction of sp³-hybridized carbons (Fsp3) is 0. The van der Waals surface area contributed by atoms with Crippen LogP contribution in [0.5, 0.6) is 0 Å². The molecule has 0 saturated carbocycles. The Balaban J connectivity index is 2.24. The molecule has 20 heavy (non-hydrogen) atoms. The first-order valence-electron chi connectivity index (χ1n) is 5.42. The number of benzene rings is 1. The molecule has 3 aromatic rings. The Hall–Kier alpha value is -2.66. The second-order valence-corrected chi connectivity index (χ2v) is 4.63. The van der Waals surface area contributed by atoms with Crippen LogP contribution in [0.1, 0.15) is 5.69 Å². The van der Waals surface area contributed by atoms with Gasteiger partial charge in [0.2, 0.25) is 5.13 Å². The number of nitrogens with zero attached hydrogens (tertiary/aromatic N) is 5. The van der Waals surface area contributed by atoms with E-state index < -0.39 is 11.6 Å². The highest BCUT2D eigenvalue weighted by Crippen LogP contribution is 2.26. The van der Waals surface area contributed by atoms with E-state index in [2.05, 4.69) is 15.3 Å². The van der Waals surface area contributed by atoms with Crippen molar-refractivity contribution in [1.82, 2.24) is 20.0 Å². The summed E-state index contributed by atoms with van der Waals surface area (Å²) in [5.41, 5.74) is 0.605. The maximum atomic E-state index is 13.4. The van der Waals surface area contributed by atoms with Gasteiger partial charge in [-0.25, -0.2) is 13.8 Å². The molecule has 0 fully saturated rings. The highest BCUT2D eigenvalue weighted by molar-refractivity contribution is 7.12. The Kier molecular flexibility index (Phi) is 2.96. The van der Waals surface area contributed by atoms with Gasteiger partial charge < -0.3 is 0 Å². The maximum Gasteiger partial charge on any atom is 0.212 e. The summed E-state index contributed by atoms with van der Waals surface area (Å²) >= 11 is 1.29. The highest BCUT2D eigenvalue weighted by Gasteiger charge is 2.18. The molecule has 3 rings (SSSR count). The van der Waals surface area contributed by atoms with Gasteiger partial charge in [-0.3, -0.25) is 0 Å². The lowest BCUT2D eigenvalue weighted by molar-refractivity contribution is 0.509. The van der Waals surface area contributed by atoms with Gasteiger partial charge in [0.1, 0.15) is 11.8 Å². The molecule has 2 aromatic heterocycles. The molecule has 1 aromatic carbocycles. The number of aromatic nitrogens is 4. The molecule has 0 amide bonds. The average molecular weight is 289 g/mol. The van der Waals surface area contributed by atoms with E-state index in [4.69, 9.17) is 5.26 Å². The molecule has 0 aliphatic heterocycles. The highest BCUT2D eigenvalue weighted by atomic mass is 32.1. The standard InChI is InChI=1S/C12H5F2N5S/c13-8-2-1-7(5-9(8)14)11-10(6-15)17-18-19(11)12-16-3-4-20-12/h1-5H. The SMILES string of the molecule is N#Cc1nnn(-c2nccs2)c1-c1ccc(F)c(F)c1. The minimum Gasteiger partial charge on any atom is -0.227 e. The summed E-state index contributed by atoms with van der Waals surface area (Å²) in [7, 11) is 0. The van der Waals surface area contributed by atoms with Crippen LogP contribution >= 0.6 is 11.3 Å². The quantitative estimate of drug-likeness (QED) is 0.727. The van der Waals surface area contributed by atoms with Crippen molar-refractivity contribution in [3.63, 3.8) is 0 Å². The van der Waals surface area contributed by atoms with Crippen LogP contribution in [0, 0.1) is 23.0 Å². The molecule has 0 spiro atoms. The summed E-state index contributed by atoms with van der Waals surface area (Å²) in [5, 5.41) is 18.8. The van der Waals surface area contributed by atoms with Crippen LogP contribution in [0.15, 0.2) is 29.8 Å². The minimum absolute atomic E-state index is 0.0196. The fourth-order valence-electron chi connectivity index (χ4n) is 1.71. The molecule has 8 heteroatoms. The number of nitriles is 1. The van der Waals surface area contributed by atoms with Crippen molar-refractivity contribution in [1.29, 1.82) is 5.26 Å². The smallest absolute Gasteiger partial charge is 0.212 e. The topological polar surface area (TPSA) is 67.4 Å². The molecule has 0 saturated heterocycles. The summed E-state index contributed by atoms with van der Waals surface area (Å²) in [6.45, 7) is 0. The van der Waals surface area contributed by atoms with Gasteiger partial charge in [-0.05, 0) is 18.2 Å². The third kappa shape index (κ3) is 1.94. The first-order valence-corrected chi connectivity index (χ1v) is 6.30. The van der Waals surface area contributed by atoms with E-state index in [1.54, 1.807) is 11.6 Å². The molecule has 0 radical (unpaired) electrons. The molecule has 98 valence electrons. The minimum atomic E-state index is -1.00. The molecule has 0 aliphatic carbocycles. The van der Waals surface area contributed by atoms with Gasteiger partial charge >= 0.3 is 0 Å². The lowest BCUT2D eigenvalue weighted by Gasteiger charge is -2.04. The van der Waals surface area contributed by atoms with Gasteiger partial charge in [0.05, 0.1) is 0 Å². The van der Waals surface area contributed by atoms with Gasteiger partial charge in [0.25, 0.3) is 0 Å². The fourth-order valence-corrected chi connectivity index (χ4v) is 2.31. The summed E-state index contributed by atoms with van der Waals surface area (Å²) in [5.74, 6) is -1.96. The first-order chi connectivity index (χ1) is 9.70. The van der Waals surface area contributed by atoms with Crippen molar-refractivity contribution < 1.29 is 8.78 Å².